The molecule has 2 aliphatic carbocycles. The number of Topliss-reactive ketones (excluding diaryl/α,β-unsaturated/α-hetero) is 1. The summed E-state index contributed by atoms with van der Waals surface area (Å²) >= 11 is 5.50. The Morgan fingerprint density at radius 3 is 1.83 bits per heavy atom. The van der Waals surface area contributed by atoms with Crippen molar-refractivity contribution in [2.24, 2.45) is 5.92 Å². The van der Waals surface area contributed by atoms with Crippen molar-refractivity contribution in [1.29, 1.82) is 0 Å². The molecule has 1 saturated carbocycles. The van der Waals surface area contributed by atoms with Crippen molar-refractivity contribution in [3.05, 3.63) is 39.7 Å². The van der Waals surface area contributed by atoms with Crippen LogP contribution in [0, 0.1) is 11.7 Å². The van der Waals surface area contributed by atoms with Crippen molar-refractivity contribution in [1.82, 2.24) is 0 Å². The molecular formula is C16H6ClF11O2. The van der Waals surface area contributed by atoms with E-state index in [0.29, 0.717) is 6.07 Å². The molecule has 0 saturated heterocycles. The lowest BCUT2D eigenvalue weighted by molar-refractivity contribution is -0.456. The molecule has 166 valence electrons. The topological polar surface area (TPSA) is 37.3 Å². The lowest BCUT2D eigenvalue weighted by atomic mass is 9.71. The summed E-state index contributed by atoms with van der Waals surface area (Å²) in [4.78, 5) is 12.2. The van der Waals surface area contributed by atoms with Crippen molar-refractivity contribution >= 4 is 23.1 Å². The van der Waals surface area contributed by atoms with Gasteiger partial charge < -0.3 is 5.11 Å². The van der Waals surface area contributed by atoms with E-state index in [1.165, 1.54) is 0 Å². The third-order valence-corrected chi connectivity index (χ3v) is 5.16. The van der Waals surface area contributed by atoms with Gasteiger partial charge in [0.15, 0.2) is 11.7 Å². The van der Waals surface area contributed by atoms with E-state index in [2.05, 4.69) is 0 Å². The van der Waals surface area contributed by atoms with Crippen LogP contribution in [0.3, 0.4) is 0 Å². The highest BCUT2D eigenvalue weighted by Gasteiger charge is 2.96. The van der Waals surface area contributed by atoms with Crippen LogP contribution < -0.4 is 0 Å². The SMILES string of the molecule is O=C(C1=C(O)c2c(F)cc(Cl)cc2C1)C1C(F)(F)C(F)(F)C(F)(F)C(F)(F)C1(F)F. The number of carbonyl (C=O) groups excluding carboxylic acids is 1. The summed E-state index contributed by atoms with van der Waals surface area (Å²) in [5.74, 6) is -45.5. The molecule has 1 N–H and O–H groups in total. The number of fused-ring (bicyclic) bond motifs is 1. The third-order valence-electron chi connectivity index (χ3n) is 4.94. The minimum absolute atomic E-state index is 0.362. The average molecular weight is 475 g/mol. The highest BCUT2D eigenvalue weighted by molar-refractivity contribution is 6.30. The number of carbonyl (C=O) groups is 1. The second-order valence-corrected chi connectivity index (χ2v) is 7.13. The second kappa shape index (κ2) is 6.01. The fourth-order valence-corrected chi connectivity index (χ4v) is 3.60. The van der Waals surface area contributed by atoms with Crippen molar-refractivity contribution in [3.8, 4) is 0 Å². The normalized spacial score (nSPS) is 25.9. The first-order valence-electron chi connectivity index (χ1n) is 7.67. The van der Waals surface area contributed by atoms with E-state index in [0.717, 1.165) is 6.07 Å². The minimum Gasteiger partial charge on any atom is -0.507 e. The maximum absolute atomic E-state index is 14.0. The predicted octanol–water partition coefficient (Wildman–Crippen LogP) is 5.68. The molecule has 0 aliphatic heterocycles. The summed E-state index contributed by atoms with van der Waals surface area (Å²) < 4.78 is 151. The Kier molecular flexibility index (Phi) is 4.53. The Morgan fingerprint density at radius 1 is 0.900 bits per heavy atom. The Morgan fingerprint density at radius 2 is 1.37 bits per heavy atom. The van der Waals surface area contributed by atoms with Gasteiger partial charge in [-0.25, -0.2) is 4.39 Å². The summed E-state index contributed by atoms with van der Waals surface area (Å²) in [6, 6.07) is 1.40. The zero-order chi connectivity index (χ0) is 23.2. The van der Waals surface area contributed by atoms with Gasteiger partial charge in [-0.15, -0.1) is 0 Å². The Hall–Kier alpha value is -2.05. The first-order valence-corrected chi connectivity index (χ1v) is 8.05. The lowest BCUT2D eigenvalue weighted by Crippen LogP contribution is -2.78. The van der Waals surface area contributed by atoms with Gasteiger partial charge in [0.2, 0.25) is 0 Å². The number of aliphatic hydroxyl groups excluding tert-OH is 1. The van der Waals surface area contributed by atoms with Crippen LogP contribution in [0.2, 0.25) is 5.02 Å². The molecular weight excluding hydrogens is 469 g/mol. The lowest BCUT2D eigenvalue weighted by Gasteiger charge is -2.49. The second-order valence-electron chi connectivity index (χ2n) is 6.69. The van der Waals surface area contributed by atoms with Gasteiger partial charge in [-0.05, 0) is 17.7 Å². The van der Waals surface area contributed by atoms with Crippen molar-refractivity contribution in [3.63, 3.8) is 0 Å². The zero-order valence-electron chi connectivity index (χ0n) is 13.8. The molecule has 0 unspecified atom stereocenters. The minimum atomic E-state index is -7.22. The highest BCUT2D eigenvalue weighted by Crippen LogP contribution is 2.67. The highest BCUT2D eigenvalue weighted by atomic mass is 35.5. The summed E-state index contributed by atoms with van der Waals surface area (Å²) in [6.45, 7) is 0. The van der Waals surface area contributed by atoms with Crippen molar-refractivity contribution in [2.45, 2.75) is 36.0 Å². The fraction of sp³-hybridized carbons (Fsp3) is 0.438. The van der Waals surface area contributed by atoms with E-state index in [9.17, 15) is 58.2 Å². The molecule has 14 heteroatoms. The monoisotopic (exact) mass is 474 g/mol. The number of aliphatic hydroxyl groups is 1. The van der Waals surface area contributed by atoms with Crippen LogP contribution >= 0.6 is 11.6 Å². The van der Waals surface area contributed by atoms with Gasteiger partial charge in [0.05, 0.1) is 5.56 Å². The van der Waals surface area contributed by atoms with Crippen molar-refractivity contribution in [2.75, 3.05) is 0 Å². The first kappa shape index (κ1) is 22.6. The number of hydrogen-bond donors (Lipinski definition) is 1. The Bertz CT molecular complexity index is 954. The van der Waals surface area contributed by atoms with Gasteiger partial charge in [0.1, 0.15) is 11.6 Å². The smallest absolute Gasteiger partial charge is 0.384 e. The molecule has 3 rings (SSSR count). The Balaban J connectivity index is 2.20. The third kappa shape index (κ3) is 2.41. The molecule has 1 aromatic rings. The fourth-order valence-electron chi connectivity index (χ4n) is 3.37. The summed E-state index contributed by atoms with van der Waals surface area (Å²) in [7, 11) is 0. The molecule has 0 bridgehead atoms. The van der Waals surface area contributed by atoms with Crippen LogP contribution in [0.15, 0.2) is 17.7 Å². The van der Waals surface area contributed by atoms with Gasteiger partial charge in [0, 0.05) is 17.0 Å². The van der Waals surface area contributed by atoms with E-state index < -0.39 is 76.0 Å². The molecule has 0 aromatic heterocycles. The van der Waals surface area contributed by atoms with Crippen molar-refractivity contribution < 1.29 is 58.2 Å². The predicted molar refractivity (Wildman–Crippen MR) is 77.9 cm³/mol. The molecule has 0 heterocycles. The van der Waals surface area contributed by atoms with Crippen LogP contribution in [-0.4, -0.2) is 40.5 Å². The first-order chi connectivity index (χ1) is 13.3. The van der Waals surface area contributed by atoms with Gasteiger partial charge in [-0.2, -0.15) is 43.9 Å². The molecule has 0 spiro atoms. The van der Waals surface area contributed by atoms with Crippen LogP contribution in [0.1, 0.15) is 11.1 Å². The number of ketones is 1. The molecule has 1 aromatic carbocycles. The molecule has 0 amide bonds. The maximum Gasteiger partial charge on any atom is 0.384 e. The van der Waals surface area contributed by atoms with E-state index in [-0.39, 0.29) is 5.02 Å². The van der Waals surface area contributed by atoms with Gasteiger partial charge in [-0.3, -0.25) is 4.79 Å². The Labute approximate surface area is 163 Å². The molecule has 30 heavy (non-hydrogen) atoms. The quantitative estimate of drug-likeness (QED) is 0.560. The van der Waals surface area contributed by atoms with E-state index in [1.54, 1.807) is 0 Å². The number of benzene rings is 1. The number of hydrogen-bond acceptors (Lipinski definition) is 2. The zero-order valence-corrected chi connectivity index (χ0v) is 14.6. The van der Waals surface area contributed by atoms with E-state index in [1.807, 2.05) is 0 Å². The van der Waals surface area contributed by atoms with Gasteiger partial charge >= 0.3 is 29.6 Å². The standard InChI is InChI=1S/C16H6ClF11O2/c17-5-1-4-2-6(9(29)8(4)7(18)3-5)10(30)11-12(19,20)14(23,24)16(27,28)15(25,26)13(11,21)22/h1,3,11,29H,2H2. The number of allylic oxidation sites excluding steroid dienone is 1. The van der Waals surface area contributed by atoms with Gasteiger partial charge in [-0.1, -0.05) is 11.6 Å². The van der Waals surface area contributed by atoms with Gasteiger partial charge in [0.25, 0.3) is 0 Å². The molecule has 2 aliphatic rings. The van der Waals surface area contributed by atoms with Crippen LogP contribution in [0.4, 0.5) is 48.3 Å². The van der Waals surface area contributed by atoms with Crippen LogP contribution in [0.25, 0.3) is 5.76 Å². The van der Waals surface area contributed by atoms with Crippen LogP contribution in [0.5, 0.6) is 0 Å². The molecule has 1 fully saturated rings. The molecule has 0 atom stereocenters. The molecule has 2 nitrogen and oxygen atoms in total. The molecule has 0 radical (unpaired) electrons. The summed E-state index contributed by atoms with van der Waals surface area (Å²) in [6.07, 6.45) is -1.13. The number of alkyl halides is 10. The van der Waals surface area contributed by atoms with Crippen LogP contribution in [-0.2, 0) is 11.2 Å². The van der Waals surface area contributed by atoms with E-state index in [4.69, 9.17) is 11.6 Å². The maximum atomic E-state index is 14.0. The summed E-state index contributed by atoms with van der Waals surface area (Å²) in [5.41, 5.74) is -2.89. The number of halogens is 12. The largest absolute Gasteiger partial charge is 0.507 e. The van der Waals surface area contributed by atoms with E-state index >= 15 is 0 Å². The summed E-state index contributed by atoms with van der Waals surface area (Å²) in [5, 5.41) is 9.52. The number of rotatable bonds is 2. The average Bonchev–Trinajstić information content (AvgIpc) is 2.89.